The molecule has 0 aromatic rings. The molecule has 0 radical (unpaired) electrons. The summed E-state index contributed by atoms with van der Waals surface area (Å²) in [4.78, 5) is 0. The lowest BCUT2D eigenvalue weighted by Crippen LogP contribution is -2.53. The lowest BCUT2D eigenvalue weighted by molar-refractivity contribution is -0.114. The zero-order chi connectivity index (χ0) is 18.5. The largest absolute Gasteiger partial charge is 0.383 e. The van der Waals surface area contributed by atoms with E-state index in [1.807, 2.05) is 0 Å². The van der Waals surface area contributed by atoms with Crippen LogP contribution in [-0.2, 0) is 0 Å². The molecule has 4 fully saturated rings. The van der Waals surface area contributed by atoms with Crippen LogP contribution >= 0.6 is 12.6 Å². The van der Waals surface area contributed by atoms with Crippen molar-refractivity contribution in [2.45, 2.75) is 103 Å². The van der Waals surface area contributed by atoms with E-state index in [-0.39, 0.29) is 0 Å². The Morgan fingerprint density at radius 2 is 1.65 bits per heavy atom. The third-order valence-corrected chi connectivity index (χ3v) is 10.5. The molecule has 4 aliphatic rings. The Morgan fingerprint density at radius 3 is 2.42 bits per heavy atom. The molecule has 26 heavy (non-hydrogen) atoms. The van der Waals surface area contributed by atoms with Crippen molar-refractivity contribution in [2.24, 2.45) is 46.3 Å². The molecule has 2 unspecified atom stereocenters. The van der Waals surface area contributed by atoms with Crippen LogP contribution in [0.25, 0.3) is 0 Å². The van der Waals surface area contributed by atoms with E-state index in [4.69, 9.17) is 0 Å². The highest BCUT2D eigenvalue weighted by Crippen LogP contribution is 2.68. The van der Waals surface area contributed by atoms with Gasteiger partial charge in [0.05, 0.1) is 5.44 Å². The van der Waals surface area contributed by atoms with Crippen molar-refractivity contribution < 1.29 is 5.11 Å². The minimum atomic E-state index is -0.431. The molecule has 0 bridgehead atoms. The standard InChI is InChI=1S/C24H42OS/c1-16(7-12-22(25)26)19-10-11-20-18-9-8-17-6-4-5-14-23(17,2)21(18)13-15-24(19,20)3/h16-22,25-26H,4-15H2,1-3H3/t16-,17?,18+,19-,20+,21+,22?,23+,24-/m1/s1. The fraction of sp³-hybridized carbons (Fsp3) is 1.00. The second-order valence-corrected chi connectivity index (χ2v) is 11.8. The Balaban J connectivity index is 1.51. The Hall–Kier alpha value is 0.310. The number of rotatable bonds is 4. The summed E-state index contributed by atoms with van der Waals surface area (Å²) in [6.45, 7) is 7.81. The van der Waals surface area contributed by atoms with Crippen molar-refractivity contribution >= 4 is 12.6 Å². The van der Waals surface area contributed by atoms with Crippen LogP contribution in [0, 0.1) is 46.3 Å². The number of hydrogen-bond acceptors (Lipinski definition) is 2. The molecule has 0 heterocycles. The van der Waals surface area contributed by atoms with Gasteiger partial charge in [0, 0.05) is 0 Å². The summed E-state index contributed by atoms with van der Waals surface area (Å²) >= 11 is 4.20. The van der Waals surface area contributed by atoms with Crippen LogP contribution < -0.4 is 0 Å². The molecule has 1 nitrogen and oxygen atoms in total. The average Bonchev–Trinajstić information content (AvgIpc) is 2.96. The maximum atomic E-state index is 9.60. The van der Waals surface area contributed by atoms with E-state index in [9.17, 15) is 5.11 Å². The first-order valence-electron chi connectivity index (χ1n) is 11.7. The SMILES string of the molecule is C[C@H](CCC(O)S)[C@H]1CC[C@H]2[C@@H]3CCC4CCCC[C@]4(C)[C@H]3CC[C@]12C. The van der Waals surface area contributed by atoms with Crippen LogP contribution in [0.1, 0.15) is 97.8 Å². The summed E-state index contributed by atoms with van der Waals surface area (Å²) in [6, 6.07) is 0. The van der Waals surface area contributed by atoms with Gasteiger partial charge in [0.2, 0.25) is 0 Å². The van der Waals surface area contributed by atoms with Gasteiger partial charge in [0.15, 0.2) is 0 Å². The molecule has 1 N–H and O–H groups in total. The lowest BCUT2D eigenvalue weighted by Gasteiger charge is -2.61. The minimum Gasteiger partial charge on any atom is -0.383 e. The van der Waals surface area contributed by atoms with Gasteiger partial charge in [-0.2, -0.15) is 0 Å². The summed E-state index contributed by atoms with van der Waals surface area (Å²) in [5.41, 5.74) is 0.808. The molecule has 0 aromatic heterocycles. The molecular weight excluding hydrogens is 336 g/mol. The molecule has 0 spiro atoms. The molecule has 4 rings (SSSR count). The highest BCUT2D eigenvalue weighted by molar-refractivity contribution is 7.80. The van der Waals surface area contributed by atoms with Gasteiger partial charge in [-0.25, -0.2) is 0 Å². The molecule has 150 valence electrons. The summed E-state index contributed by atoms with van der Waals surface area (Å²) in [5, 5.41) is 9.60. The van der Waals surface area contributed by atoms with Gasteiger partial charge in [-0.15, -0.1) is 12.6 Å². The molecule has 4 saturated carbocycles. The van der Waals surface area contributed by atoms with Gasteiger partial charge in [-0.1, -0.05) is 33.6 Å². The van der Waals surface area contributed by atoms with E-state index in [1.54, 1.807) is 0 Å². The fourth-order valence-electron chi connectivity index (χ4n) is 8.88. The third kappa shape index (κ3) is 3.10. The number of fused-ring (bicyclic) bond motifs is 5. The first kappa shape index (κ1) is 19.6. The molecule has 2 heteroatoms. The topological polar surface area (TPSA) is 20.2 Å². The molecule has 0 aliphatic heterocycles. The van der Waals surface area contributed by atoms with E-state index in [1.165, 1.54) is 64.2 Å². The van der Waals surface area contributed by atoms with E-state index in [0.29, 0.717) is 10.8 Å². The summed E-state index contributed by atoms with van der Waals surface area (Å²) < 4.78 is 0. The van der Waals surface area contributed by atoms with Crippen LogP contribution in [0.15, 0.2) is 0 Å². The predicted octanol–water partition coefficient (Wildman–Crippen LogP) is 6.70. The van der Waals surface area contributed by atoms with Gasteiger partial charge in [0.1, 0.15) is 0 Å². The molecule has 0 aromatic carbocycles. The smallest absolute Gasteiger partial charge is 0.0964 e. The van der Waals surface area contributed by atoms with E-state index in [2.05, 4.69) is 33.4 Å². The molecule has 0 saturated heterocycles. The van der Waals surface area contributed by atoms with Crippen molar-refractivity contribution in [1.82, 2.24) is 0 Å². The molecule has 9 atom stereocenters. The van der Waals surface area contributed by atoms with E-state index in [0.717, 1.165) is 48.3 Å². The van der Waals surface area contributed by atoms with Crippen molar-refractivity contribution in [2.75, 3.05) is 0 Å². The number of aliphatic hydroxyl groups excluding tert-OH is 1. The maximum Gasteiger partial charge on any atom is 0.0964 e. The van der Waals surface area contributed by atoms with Gasteiger partial charge in [-0.3, -0.25) is 0 Å². The van der Waals surface area contributed by atoms with Crippen molar-refractivity contribution in [3.8, 4) is 0 Å². The summed E-state index contributed by atoms with van der Waals surface area (Å²) in [6.07, 6.45) is 17.0. The fourth-order valence-corrected chi connectivity index (χ4v) is 9.03. The molecule has 0 amide bonds. The molecular formula is C24H42OS. The third-order valence-electron chi connectivity index (χ3n) is 10.2. The highest BCUT2D eigenvalue weighted by atomic mass is 32.1. The Kier molecular flexibility index (Phi) is 5.50. The van der Waals surface area contributed by atoms with Crippen molar-refractivity contribution in [3.63, 3.8) is 0 Å². The second-order valence-electron chi connectivity index (χ2n) is 11.2. The molecule has 4 aliphatic carbocycles. The zero-order valence-electron chi connectivity index (χ0n) is 17.4. The minimum absolute atomic E-state index is 0.431. The average molecular weight is 379 g/mol. The first-order valence-corrected chi connectivity index (χ1v) is 12.2. The highest BCUT2D eigenvalue weighted by Gasteiger charge is 2.59. The number of aliphatic hydroxyl groups is 1. The van der Waals surface area contributed by atoms with Crippen LogP contribution in [-0.4, -0.2) is 10.5 Å². The second kappa shape index (κ2) is 7.29. The Morgan fingerprint density at radius 1 is 0.885 bits per heavy atom. The normalized spacial score (nSPS) is 50.4. The van der Waals surface area contributed by atoms with Gasteiger partial charge >= 0.3 is 0 Å². The van der Waals surface area contributed by atoms with E-state index >= 15 is 0 Å². The van der Waals surface area contributed by atoms with Crippen molar-refractivity contribution in [1.29, 1.82) is 0 Å². The summed E-state index contributed by atoms with van der Waals surface area (Å²) in [5.74, 6) is 5.67. The number of hydrogen-bond donors (Lipinski definition) is 2. The van der Waals surface area contributed by atoms with Crippen LogP contribution in [0.4, 0.5) is 0 Å². The van der Waals surface area contributed by atoms with Gasteiger partial charge < -0.3 is 5.11 Å². The van der Waals surface area contributed by atoms with Gasteiger partial charge in [0.25, 0.3) is 0 Å². The Labute approximate surface area is 167 Å². The van der Waals surface area contributed by atoms with Crippen molar-refractivity contribution in [3.05, 3.63) is 0 Å². The Bertz CT molecular complexity index is 504. The number of thiol groups is 1. The van der Waals surface area contributed by atoms with Gasteiger partial charge in [-0.05, 0) is 111 Å². The van der Waals surface area contributed by atoms with Crippen LogP contribution in [0.3, 0.4) is 0 Å². The van der Waals surface area contributed by atoms with E-state index < -0.39 is 5.44 Å². The van der Waals surface area contributed by atoms with Crippen LogP contribution in [0.5, 0.6) is 0 Å². The summed E-state index contributed by atoms with van der Waals surface area (Å²) in [7, 11) is 0. The maximum absolute atomic E-state index is 9.60. The monoisotopic (exact) mass is 378 g/mol. The predicted molar refractivity (Wildman–Crippen MR) is 113 cm³/mol. The quantitative estimate of drug-likeness (QED) is 0.412. The lowest BCUT2D eigenvalue weighted by atomic mass is 9.44. The first-order chi connectivity index (χ1) is 12.4. The van der Waals surface area contributed by atoms with Crippen LogP contribution in [0.2, 0.25) is 0 Å². The zero-order valence-corrected chi connectivity index (χ0v) is 18.3.